The molecule has 0 bridgehead atoms. The molecule has 0 aliphatic carbocycles. The number of nitrogens with two attached hydrogens (primary N) is 1. The normalized spacial score (nSPS) is 17.1. The topological polar surface area (TPSA) is 79.4 Å². The Kier molecular flexibility index (Phi) is 2.70. The van der Waals surface area contributed by atoms with Gasteiger partial charge in [0.25, 0.3) is 0 Å². The minimum atomic E-state index is -0.378. The van der Waals surface area contributed by atoms with Crippen LogP contribution in [0.4, 0.5) is 5.82 Å². The second kappa shape index (κ2) is 4.00. The van der Waals surface area contributed by atoms with Crippen LogP contribution in [-0.4, -0.2) is 29.1 Å². The molecule has 1 aromatic heterocycles. The molecule has 1 aliphatic heterocycles. The first kappa shape index (κ1) is 10.1. The van der Waals surface area contributed by atoms with Crippen LogP contribution in [-0.2, 0) is 16.0 Å². The van der Waals surface area contributed by atoms with E-state index >= 15 is 0 Å². The van der Waals surface area contributed by atoms with E-state index in [1.165, 1.54) is 4.57 Å². The van der Waals surface area contributed by atoms with Crippen molar-refractivity contribution in [3.05, 3.63) is 22.2 Å². The zero-order valence-corrected chi connectivity index (χ0v) is 8.47. The number of anilines is 1. The third kappa shape index (κ3) is 2.16. The van der Waals surface area contributed by atoms with Gasteiger partial charge in [-0.15, -0.1) is 0 Å². The van der Waals surface area contributed by atoms with Gasteiger partial charge in [0, 0.05) is 11.8 Å². The first-order valence-corrected chi connectivity index (χ1v) is 4.73. The molecule has 6 nitrogen and oxygen atoms in total. The highest BCUT2D eigenvalue weighted by Crippen LogP contribution is 2.07. The average Bonchev–Trinajstić information content (AvgIpc) is 2.67. The van der Waals surface area contributed by atoms with Crippen LogP contribution in [0.25, 0.3) is 0 Å². The maximum Gasteiger partial charge on any atom is 0.349 e. The monoisotopic (exact) mass is 211 g/mol. The molecule has 1 aromatic rings. The minimum absolute atomic E-state index is 0.268. The fourth-order valence-electron chi connectivity index (χ4n) is 1.41. The van der Waals surface area contributed by atoms with Crippen molar-refractivity contribution in [2.75, 3.05) is 18.9 Å². The van der Waals surface area contributed by atoms with E-state index in [4.69, 9.17) is 15.2 Å². The van der Waals surface area contributed by atoms with Crippen molar-refractivity contribution < 1.29 is 9.47 Å². The van der Waals surface area contributed by atoms with Gasteiger partial charge in [0.2, 0.25) is 0 Å². The number of aryl methyl sites for hydroxylation is 1. The highest BCUT2D eigenvalue weighted by Gasteiger charge is 2.17. The van der Waals surface area contributed by atoms with Crippen LogP contribution in [0.3, 0.4) is 0 Å². The van der Waals surface area contributed by atoms with Gasteiger partial charge in [-0.25, -0.2) is 4.79 Å². The van der Waals surface area contributed by atoms with Gasteiger partial charge in [-0.05, 0) is 6.92 Å². The quantitative estimate of drug-likeness (QED) is 0.713. The molecule has 0 radical (unpaired) electrons. The minimum Gasteiger partial charge on any atom is -0.383 e. The molecule has 0 saturated carbocycles. The molecule has 2 heterocycles. The summed E-state index contributed by atoms with van der Waals surface area (Å²) in [5.74, 6) is 0.268. The number of hydrogen-bond acceptors (Lipinski definition) is 5. The highest BCUT2D eigenvalue weighted by atomic mass is 16.7. The van der Waals surface area contributed by atoms with Gasteiger partial charge in [0.15, 0.2) is 6.29 Å². The van der Waals surface area contributed by atoms with Crippen LogP contribution < -0.4 is 11.4 Å². The number of nitrogen functional groups attached to an aromatic ring is 1. The first-order valence-electron chi connectivity index (χ1n) is 4.73. The molecule has 15 heavy (non-hydrogen) atoms. The van der Waals surface area contributed by atoms with E-state index in [0.717, 1.165) is 5.56 Å². The lowest BCUT2D eigenvalue weighted by Gasteiger charge is -2.11. The number of ether oxygens (including phenoxy) is 2. The second-order valence-corrected chi connectivity index (χ2v) is 3.42. The molecular weight excluding hydrogens is 198 g/mol. The molecular formula is C9H13N3O3. The van der Waals surface area contributed by atoms with E-state index in [-0.39, 0.29) is 17.8 Å². The van der Waals surface area contributed by atoms with Crippen molar-refractivity contribution in [1.82, 2.24) is 9.55 Å². The summed E-state index contributed by atoms with van der Waals surface area (Å²) in [5.41, 5.74) is 5.90. The fraction of sp³-hybridized carbons (Fsp3) is 0.556. The third-order valence-corrected chi connectivity index (χ3v) is 2.25. The van der Waals surface area contributed by atoms with Crippen molar-refractivity contribution in [2.45, 2.75) is 19.8 Å². The Hall–Kier alpha value is -1.40. The predicted octanol–water partition coefficient (Wildman–Crippen LogP) is -0.493. The van der Waals surface area contributed by atoms with Crippen molar-refractivity contribution in [3.8, 4) is 0 Å². The van der Waals surface area contributed by atoms with Crippen LogP contribution in [0, 0.1) is 6.92 Å². The van der Waals surface area contributed by atoms with E-state index in [2.05, 4.69) is 4.98 Å². The molecule has 1 aliphatic rings. The first-order chi connectivity index (χ1) is 7.16. The molecule has 82 valence electrons. The van der Waals surface area contributed by atoms with Crippen LogP contribution in [0.5, 0.6) is 0 Å². The molecule has 0 aromatic carbocycles. The summed E-state index contributed by atoms with van der Waals surface area (Å²) in [6, 6.07) is 0. The maximum atomic E-state index is 11.4. The molecule has 1 saturated heterocycles. The molecule has 0 atom stereocenters. The van der Waals surface area contributed by atoms with Crippen molar-refractivity contribution >= 4 is 5.82 Å². The van der Waals surface area contributed by atoms with Crippen molar-refractivity contribution in [3.63, 3.8) is 0 Å². The van der Waals surface area contributed by atoms with Gasteiger partial charge < -0.3 is 15.2 Å². The zero-order chi connectivity index (χ0) is 10.8. The summed E-state index contributed by atoms with van der Waals surface area (Å²) in [4.78, 5) is 15.1. The Balaban J connectivity index is 2.20. The van der Waals surface area contributed by atoms with Crippen LogP contribution in [0.2, 0.25) is 0 Å². The smallest absolute Gasteiger partial charge is 0.349 e. The van der Waals surface area contributed by atoms with Gasteiger partial charge in [0.1, 0.15) is 5.82 Å². The molecule has 0 spiro atoms. The predicted molar refractivity (Wildman–Crippen MR) is 53.3 cm³/mol. The van der Waals surface area contributed by atoms with Gasteiger partial charge in [-0.3, -0.25) is 4.57 Å². The van der Waals surface area contributed by atoms with Crippen molar-refractivity contribution in [2.24, 2.45) is 0 Å². The summed E-state index contributed by atoms with van der Waals surface area (Å²) in [7, 11) is 0. The molecule has 2 rings (SSSR count). The van der Waals surface area contributed by atoms with E-state index in [1.54, 1.807) is 13.1 Å². The average molecular weight is 211 g/mol. The van der Waals surface area contributed by atoms with Crippen molar-refractivity contribution in [1.29, 1.82) is 0 Å². The van der Waals surface area contributed by atoms with E-state index in [1.807, 2.05) is 0 Å². The SMILES string of the molecule is Cc1cn(CC2OCCO2)c(=O)nc1N. The third-order valence-electron chi connectivity index (χ3n) is 2.25. The van der Waals surface area contributed by atoms with E-state index in [0.29, 0.717) is 19.8 Å². The lowest BCUT2D eigenvalue weighted by molar-refractivity contribution is -0.0532. The van der Waals surface area contributed by atoms with Crippen LogP contribution in [0.1, 0.15) is 5.56 Å². The fourth-order valence-corrected chi connectivity index (χ4v) is 1.41. The van der Waals surface area contributed by atoms with Crippen LogP contribution in [0.15, 0.2) is 11.0 Å². The standard InChI is InChI=1S/C9H13N3O3/c1-6-4-12(9(13)11-8(6)10)5-7-14-2-3-15-7/h4,7H,2-3,5H2,1H3,(H2,10,11,13). The summed E-state index contributed by atoms with van der Waals surface area (Å²) in [5, 5.41) is 0. The number of rotatable bonds is 2. The van der Waals surface area contributed by atoms with Gasteiger partial charge in [0.05, 0.1) is 19.8 Å². The van der Waals surface area contributed by atoms with Gasteiger partial charge in [-0.2, -0.15) is 4.98 Å². The Bertz CT molecular complexity index is 410. The molecule has 6 heteroatoms. The number of aromatic nitrogens is 2. The van der Waals surface area contributed by atoms with E-state index in [9.17, 15) is 4.79 Å². The Morgan fingerprint density at radius 1 is 1.60 bits per heavy atom. The maximum absolute atomic E-state index is 11.4. The number of hydrogen-bond donors (Lipinski definition) is 1. The Morgan fingerprint density at radius 3 is 2.93 bits per heavy atom. The molecule has 0 unspecified atom stereocenters. The summed E-state index contributed by atoms with van der Waals surface area (Å²) in [6.45, 7) is 3.29. The lowest BCUT2D eigenvalue weighted by Crippen LogP contribution is -2.29. The zero-order valence-electron chi connectivity index (χ0n) is 8.47. The Morgan fingerprint density at radius 2 is 2.27 bits per heavy atom. The summed E-state index contributed by atoms with van der Waals surface area (Å²) < 4.78 is 11.9. The summed E-state index contributed by atoms with van der Waals surface area (Å²) >= 11 is 0. The lowest BCUT2D eigenvalue weighted by atomic mass is 10.3. The number of nitrogens with zero attached hydrogens (tertiary/aromatic N) is 2. The van der Waals surface area contributed by atoms with Gasteiger partial charge in [-0.1, -0.05) is 0 Å². The largest absolute Gasteiger partial charge is 0.383 e. The second-order valence-electron chi connectivity index (χ2n) is 3.42. The van der Waals surface area contributed by atoms with E-state index < -0.39 is 0 Å². The summed E-state index contributed by atoms with van der Waals surface area (Å²) in [6.07, 6.45) is 1.31. The highest BCUT2D eigenvalue weighted by molar-refractivity contribution is 5.34. The molecule has 0 amide bonds. The Labute approximate surface area is 86.6 Å². The molecule has 1 fully saturated rings. The van der Waals surface area contributed by atoms with Gasteiger partial charge >= 0.3 is 5.69 Å². The van der Waals surface area contributed by atoms with Crippen LogP contribution >= 0.6 is 0 Å². The molecule has 2 N–H and O–H groups in total.